The van der Waals surface area contributed by atoms with Gasteiger partial charge in [0.05, 0.1) is 13.0 Å². The van der Waals surface area contributed by atoms with E-state index in [4.69, 9.17) is 9.47 Å². The third-order valence-electron chi connectivity index (χ3n) is 5.78. The minimum absolute atomic E-state index is 0.0924. The molecule has 1 aromatic carbocycles. The van der Waals surface area contributed by atoms with E-state index in [1.54, 1.807) is 7.11 Å². The first-order valence-electron chi connectivity index (χ1n) is 9.79. The third-order valence-corrected chi connectivity index (χ3v) is 5.78. The van der Waals surface area contributed by atoms with Gasteiger partial charge in [0.25, 0.3) is 0 Å². The number of carbonyl (C=O) groups is 1. The van der Waals surface area contributed by atoms with Gasteiger partial charge >= 0.3 is 0 Å². The Morgan fingerprint density at radius 2 is 2.15 bits per heavy atom. The molecule has 0 unspecified atom stereocenters. The Bertz CT molecular complexity index is 767. The fourth-order valence-corrected chi connectivity index (χ4v) is 4.16. The molecule has 27 heavy (non-hydrogen) atoms. The zero-order valence-corrected chi connectivity index (χ0v) is 15.8. The molecule has 0 radical (unpaired) electrons. The summed E-state index contributed by atoms with van der Waals surface area (Å²) in [5, 5.41) is 4.27. The molecule has 144 valence electrons. The van der Waals surface area contributed by atoms with Crippen LogP contribution in [0.25, 0.3) is 0 Å². The molecule has 1 amide bonds. The smallest absolute Gasteiger partial charge is 0.229 e. The van der Waals surface area contributed by atoms with E-state index in [-0.39, 0.29) is 11.8 Å². The number of para-hydroxylation sites is 1. The number of ether oxygens (including phenoxy) is 2. The topological polar surface area (TPSA) is 56.6 Å². The van der Waals surface area contributed by atoms with Crippen LogP contribution in [0.15, 0.2) is 36.7 Å². The van der Waals surface area contributed by atoms with E-state index in [9.17, 15) is 4.79 Å². The maximum absolute atomic E-state index is 13.0. The summed E-state index contributed by atoms with van der Waals surface area (Å²) in [7, 11) is 1.65. The van der Waals surface area contributed by atoms with Crippen molar-refractivity contribution in [2.24, 2.45) is 11.8 Å². The molecular weight excluding hydrogens is 342 g/mol. The van der Waals surface area contributed by atoms with Gasteiger partial charge in [-0.1, -0.05) is 12.1 Å². The Morgan fingerprint density at radius 1 is 1.30 bits per heavy atom. The molecule has 3 heterocycles. The molecule has 0 spiro atoms. The quantitative estimate of drug-likeness (QED) is 0.813. The summed E-state index contributed by atoms with van der Waals surface area (Å²) in [4.78, 5) is 15.0. The first-order valence-corrected chi connectivity index (χ1v) is 9.79. The van der Waals surface area contributed by atoms with E-state index < -0.39 is 0 Å². The van der Waals surface area contributed by atoms with Crippen LogP contribution in [0.3, 0.4) is 0 Å². The van der Waals surface area contributed by atoms with Crippen LogP contribution in [0.4, 0.5) is 0 Å². The number of piperidine rings is 1. The van der Waals surface area contributed by atoms with Crippen LogP contribution in [-0.4, -0.2) is 47.4 Å². The van der Waals surface area contributed by atoms with Crippen molar-refractivity contribution in [3.63, 3.8) is 0 Å². The minimum Gasteiger partial charge on any atom is -0.493 e. The van der Waals surface area contributed by atoms with Gasteiger partial charge in [0.15, 0.2) is 11.5 Å². The van der Waals surface area contributed by atoms with Gasteiger partial charge in [0.2, 0.25) is 5.91 Å². The van der Waals surface area contributed by atoms with Crippen LogP contribution in [0.2, 0.25) is 0 Å². The van der Waals surface area contributed by atoms with Crippen molar-refractivity contribution in [3.05, 3.63) is 42.2 Å². The van der Waals surface area contributed by atoms with E-state index >= 15 is 0 Å². The van der Waals surface area contributed by atoms with Gasteiger partial charge in [-0.3, -0.25) is 9.48 Å². The first-order chi connectivity index (χ1) is 13.2. The number of aryl methyl sites for hydroxylation is 1. The lowest BCUT2D eigenvalue weighted by molar-refractivity contribution is -0.138. The summed E-state index contributed by atoms with van der Waals surface area (Å²) in [5.41, 5.74) is 1.06. The molecule has 2 aliphatic heterocycles. The van der Waals surface area contributed by atoms with Crippen molar-refractivity contribution >= 4 is 5.91 Å². The van der Waals surface area contributed by atoms with E-state index in [2.05, 4.69) is 5.10 Å². The fourth-order valence-electron chi connectivity index (χ4n) is 4.16. The number of nitrogens with zero attached hydrogens (tertiary/aromatic N) is 3. The largest absolute Gasteiger partial charge is 0.493 e. The predicted molar refractivity (Wildman–Crippen MR) is 102 cm³/mol. The van der Waals surface area contributed by atoms with Crippen LogP contribution >= 0.6 is 0 Å². The number of benzene rings is 1. The number of methoxy groups -OCH3 is 1. The SMILES string of the molecule is COc1cccc2c1OC[C@@H](C(=O)N1CCC(CCn3cccn3)CC1)C2. The molecule has 1 saturated heterocycles. The van der Waals surface area contributed by atoms with Crippen LogP contribution in [-0.2, 0) is 17.8 Å². The van der Waals surface area contributed by atoms with Crippen molar-refractivity contribution in [1.82, 2.24) is 14.7 Å². The normalized spacial score (nSPS) is 20.0. The molecule has 0 bridgehead atoms. The molecule has 6 heteroatoms. The number of likely N-dealkylation sites (tertiary alicyclic amines) is 1. The summed E-state index contributed by atoms with van der Waals surface area (Å²) in [6.07, 6.45) is 7.83. The minimum atomic E-state index is -0.0924. The lowest BCUT2D eigenvalue weighted by atomic mass is 9.91. The molecule has 2 aliphatic rings. The number of rotatable bonds is 5. The molecular formula is C21H27N3O3. The second-order valence-electron chi connectivity index (χ2n) is 7.49. The lowest BCUT2D eigenvalue weighted by Crippen LogP contribution is -2.44. The Morgan fingerprint density at radius 3 is 2.89 bits per heavy atom. The number of carbonyl (C=O) groups excluding carboxylic acids is 1. The van der Waals surface area contributed by atoms with Gasteiger partial charge in [0.1, 0.15) is 6.61 Å². The summed E-state index contributed by atoms with van der Waals surface area (Å²) in [5.74, 6) is 2.35. The standard InChI is InChI=1S/C21H27N3O3/c1-26-19-5-2-4-17-14-18(15-27-20(17)19)21(25)23-11-6-16(7-12-23)8-13-24-10-3-9-22-24/h2-5,9-10,16,18H,6-8,11-15H2,1H3/t18-/m0/s1. The second-order valence-corrected chi connectivity index (χ2v) is 7.49. The maximum Gasteiger partial charge on any atom is 0.229 e. The van der Waals surface area contributed by atoms with E-state index in [1.807, 2.05) is 46.2 Å². The van der Waals surface area contributed by atoms with Crippen molar-refractivity contribution in [1.29, 1.82) is 0 Å². The summed E-state index contributed by atoms with van der Waals surface area (Å²) in [6.45, 7) is 3.10. The van der Waals surface area contributed by atoms with E-state index in [1.165, 1.54) is 0 Å². The van der Waals surface area contributed by atoms with Crippen LogP contribution in [0.5, 0.6) is 11.5 Å². The third kappa shape index (κ3) is 3.94. The highest BCUT2D eigenvalue weighted by atomic mass is 16.5. The average Bonchev–Trinajstić information content (AvgIpc) is 3.25. The molecule has 0 saturated carbocycles. The van der Waals surface area contributed by atoms with Gasteiger partial charge in [0, 0.05) is 32.0 Å². The predicted octanol–water partition coefficient (Wildman–Crippen LogP) is 2.77. The molecule has 0 aliphatic carbocycles. The molecule has 4 rings (SSSR count). The van der Waals surface area contributed by atoms with Crippen molar-refractivity contribution < 1.29 is 14.3 Å². The van der Waals surface area contributed by atoms with Crippen molar-refractivity contribution in [2.75, 3.05) is 26.8 Å². The molecule has 1 fully saturated rings. The fraction of sp³-hybridized carbons (Fsp3) is 0.524. The van der Waals surface area contributed by atoms with Crippen LogP contribution < -0.4 is 9.47 Å². The zero-order valence-electron chi connectivity index (χ0n) is 15.8. The Balaban J connectivity index is 1.29. The number of hydrogen-bond acceptors (Lipinski definition) is 4. The molecule has 2 aromatic rings. The number of amides is 1. The van der Waals surface area contributed by atoms with Gasteiger partial charge < -0.3 is 14.4 Å². The molecule has 6 nitrogen and oxygen atoms in total. The Kier molecular flexibility index (Phi) is 5.32. The van der Waals surface area contributed by atoms with Gasteiger partial charge in [-0.2, -0.15) is 5.10 Å². The highest BCUT2D eigenvalue weighted by Gasteiger charge is 2.32. The van der Waals surface area contributed by atoms with Crippen molar-refractivity contribution in [2.45, 2.75) is 32.2 Å². The maximum atomic E-state index is 13.0. The average molecular weight is 369 g/mol. The molecule has 0 N–H and O–H groups in total. The summed E-state index contributed by atoms with van der Waals surface area (Å²) in [6, 6.07) is 7.84. The Hall–Kier alpha value is -2.50. The van der Waals surface area contributed by atoms with Crippen molar-refractivity contribution in [3.8, 4) is 11.5 Å². The van der Waals surface area contributed by atoms with Gasteiger partial charge in [-0.25, -0.2) is 0 Å². The number of aromatic nitrogens is 2. The number of fused-ring (bicyclic) bond motifs is 1. The van der Waals surface area contributed by atoms with Crippen LogP contribution in [0.1, 0.15) is 24.8 Å². The Labute approximate surface area is 160 Å². The van der Waals surface area contributed by atoms with Gasteiger partial charge in [-0.15, -0.1) is 0 Å². The number of hydrogen-bond donors (Lipinski definition) is 0. The first kappa shape index (κ1) is 17.9. The lowest BCUT2D eigenvalue weighted by Gasteiger charge is -2.35. The molecule has 1 aromatic heterocycles. The van der Waals surface area contributed by atoms with Gasteiger partial charge in [-0.05, 0) is 49.3 Å². The summed E-state index contributed by atoms with van der Waals surface area (Å²) >= 11 is 0. The highest BCUT2D eigenvalue weighted by molar-refractivity contribution is 5.80. The second kappa shape index (κ2) is 8.03. The highest BCUT2D eigenvalue weighted by Crippen LogP contribution is 2.36. The monoisotopic (exact) mass is 369 g/mol. The molecule has 1 atom stereocenters. The summed E-state index contributed by atoms with van der Waals surface area (Å²) < 4.78 is 13.2. The van der Waals surface area contributed by atoms with E-state index in [0.717, 1.165) is 62.4 Å². The zero-order chi connectivity index (χ0) is 18.6. The van der Waals surface area contributed by atoms with Crippen LogP contribution in [0, 0.1) is 11.8 Å². The van der Waals surface area contributed by atoms with E-state index in [0.29, 0.717) is 12.5 Å².